The number of hydrogen-bond acceptors (Lipinski definition) is 2. The van der Waals surface area contributed by atoms with Crippen LogP contribution in [0.15, 0.2) is 48.5 Å². The van der Waals surface area contributed by atoms with Crippen molar-refractivity contribution < 1.29 is 9.53 Å². The van der Waals surface area contributed by atoms with Gasteiger partial charge in [-0.1, -0.05) is 36.4 Å². The van der Waals surface area contributed by atoms with Crippen LogP contribution in [0.3, 0.4) is 0 Å². The summed E-state index contributed by atoms with van der Waals surface area (Å²) in [7, 11) is 0. The molecule has 0 bridgehead atoms. The fraction of sp³-hybridized carbons (Fsp3) is 0.350. The summed E-state index contributed by atoms with van der Waals surface area (Å²) in [5, 5.41) is 2.98. The lowest BCUT2D eigenvalue weighted by molar-refractivity contribution is -0.123. The van der Waals surface area contributed by atoms with E-state index < -0.39 is 0 Å². The molecular formula is C20H25NO2. The van der Waals surface area contributed by atoms with Crippen molar-refractivity contribution in [2.24, 2.45) is 0 Å². The Hall–Kier alpha value is -2.29. The van der Waals surface area contributed by atoms with Gasteiger partial charge in [-0.15, -0.1) is 0 Å². The summed E-state index contributed by atoms with van der Waals surface area (Å²) < 4.78 is 5.56. The number of nitrogens with one attached hydrogen (secondary N) is 1. The van der Waals surface area contributed by atoms with Crippen LogP contribution in [0, 0.1) is 13.8 Å². The Labute approximate surface area is 138 Å². The Kier molecular flexibility index (Phi) is 6.21. The van der Waals surface area contributed by atoms with Crippen LogP contribution in [0.1, 0.15) is 30.0 Å². The van der Waals surface area contributed by atoms with Crippen LogP contribution in [-0.4, -0.2) is 18.6 Å². The molecule has 1 N–H and O–H groups in total. The third kappa shape index (κ3) is 5.78. The number of aryl methyl sites for hydroxylation is 3. The maximum atomic E-state index is 12.0. The van der Waals surface area contributed by atoms with Gasteiger partial charge in [0, 0.05) is 6.04 Å². The highest BCUT2D eigenvalue weighted by atomic mass is 16.5. The summed E-state index contributed by atoms with van der Waals surface area (Å²) in [5.41, 5.74) is 3.68. The topological polar surface area (TPSA) is 38.3 Å². The lowest BCUT2D eigenvalue weighted by Gasteiger charge is -2.14. The van der Waals surface area contributed by atoms with Crippen molar-refractivity contribution in [2.75, 3.05) is 6.61 Å². The number of hydrogen-bond donors (Lipinski definition) is 1. The second-order valence-electron chi connectivity index (χ2n) is 6.03. The normalized spacial score (nSPS) is 11.8. The van der Waals surface area contributed by atoms with Crippen LogP contribution in [-0.2, 0) is 11.2 Å². The molecule has 1 atom stereocenters. The van der Waals surface area contributed by atoms with E-state index in [1.54, 1.807) is 0 Å². The Bertz CT molecular complexity index is 637. The molecule has 0 saturated carbocycles. The van der Waals surface area contributed by atoms with Crippen LogP contribution in [0.25, 0.3) is 0 Å². The lowest BCUT2D eigenvalue weighted by Crippen LogP contribution is -2.36. The van der Waals surface area contributed by atoms with E-state index in [9.17, 15) is 4.79 Å². The predicted molar refractivity (Wildman–Crippen MR) is 93.8 cm³/mol. The standard InChI is InChI=1S/C20H25NO2/c1-15-9-12-19(13-16(15)2)23-14-20(22)21-17(3)10-11-18-7-5-4-6-8-18/h4-9,12-13,17H,10-11,14H2,1-3H3,(H,21,22)/t17-/m0/s1. The number of amides is 1. The van der Waals surface area contributed by atoms with Gasteiger partial charge in [0.2, 0.25) is 0 Å². The van der Waals surface area contributed by atoms with Gasteiger partial charge in [-0.05, 0) is 62.4 Å². The van der Waals surface area contributed by atoms with E-state index in [0.29, 0.717) is 0 Å². The SMILES string of the molecule is Cc1ccc(OCC(=O)N[C@@H](C)CCc2ccccc2)cc1C. The van der Waals surface area contributed by atoms with Gasteiger partial charge in [-0.3, -0.25) is 4.79 Å². The van der Waals surface area contributed by atoms with Gasteiger partial charge in [0.05, 0.1) is 0 Å². The van der Waals surface area contributed by atoms with Gasteiger partial charge in [0.25, 0.3) is 5.91 Å². The minimum atomic E-state index is -0.0798. The minimum Gasteiger partial charge on any atom is -0.484 e. The maximum absolute atomic E-state index is 12.0. The Morgan fingerprint density at radius 2 is 1.83 bits per heavy atom. The molecule has 3 heteroatoms. The van der Waals surface area contributed by atoms with Crippen LogP contribution >= 0.6 is 0 Å². The van der Waals surface area contributed by atoms with Crippen molar-refractivity contribution in [3.05, 3.63) is 65.2 Å². The smallest absolute Gasteiger partial charge is 0.258 e. The van der Waals surface area contributed by atoms with E-state index in [1.807, 2.05) is 50.2 Å². The van der Waals surface area contributed by atoms with Crippen LogP contribution in [0.5, 0.6) is 5.75 Å². The van der Waals surface area contributed by atoms with Crippen LogP contribution in [0.2, 0.25) is 0 Å². The van der Waals surface area contributed by atoms with Crippen molar-refractivity contribution in [1.29, 1.82) is 0 Å². The molecule has 0 saturated heterocycles. The Balaban J connectivity index is 1.72. The molecule has 0 radical (unpaired) electrons. The molecular weight excluding hydrogens is 286 g/mol. The first-order valence-electron chi connectivity index (χ1n) is 8.08. The van der Waals surface area contributed by atoms with Gasteiger partial charge in [0.1, 0.15) is 5.75 Å². The molecule has 0 unspecified atom stereocenters. The summed E-state index contributed by atoms with van der Waals surface area (Å²) >= 11 is 0. The van der Waals surface area contributed by atoms with E-state index in [-0.39, 0.29) is 18.6 Å². The van der Waals surface area contributed by atoms with Gasteiger partial charge >= 0.3 is 0 Å². The molecule has 0 heterocycles. The molecule has 23 heavy (non-hydrogen) atoms. The summed E-state index contributed by atoms with van der Waals surface area (Å²) in [5.74, 6) is 0.656. The first-order valence-corrected chi connectivity index (χ1v) is 8.08. The fourth-order valence-electron chi connectivity index (χ4n) is 2.37. The second-order valence-corrected chi connectivity index (χ2v) is 6.03. The van der Waals surface area contributed by atoms with Crippen molar-refractivity contribution in [3.63, 3.8) is 0 Å². The van der Waals surface area contributed by atoms with Gasteiger partial charge < -0.3 is 10.1 Å². The van der Waals surface area contributed by atoms with Crippen molar-refractivity contribution in [2.45, 2.75) is 39.7 Å². The third-order valence-electron chi connectivity index (χ3n) is 3.96. The highest BCUT2D eigenvalue weighted by molar-refractivity contribution is 5.77. The predicted octanol–water partition coefficient (Wildman–Crippen LogP) is 3.82. The summed E-state index contributed by atoms with van der Waals surface area (Å²) in [6.45, 7) is 6.17. The van der Waals surface area contributed by atoms with Crippen molar-refractivity contribution in [1.82, 2.24) is 5.32 Å². The summed E-state index contributed by atoms with van der Waals surface area (Å²) in [6, 6.07) is 16.3. The zero-order valence-corrected chi connectivity index (χ0v) is 14.1. The highest BCUT2D eigenvalue weighted by Gasteiger charge is 2.08. The molecule has 1 amide bonds. The zero-order valence-electron chi connectivity index (χ0n) is 14.1. The lowest BCUT2D eigenvalue weighted by atomic mass is 10.1. The Morgan fingerprint density at radius 1 is 1.09 bits per heavy atom. The Morgan fingerprint density at radius 3 is 2.52 bits per heavy atom. The molecule has 122 valence electrons. The number of carbonyl (C=O) groups excluding carboxylic acids is 1. The molecule has 2 rings (SSSR count). The van der Waals surface area contributed by atoms with E-state index in [4.69, 9.17) is 4.74 Å². The van der Waals surface area contributed by atoms with Crippen molar-refractivity contribution in [3.8, 4) is 5.75 Å². The van der Waals surface area contributed by atoms with E-state index >= 15 is 0 Å². The summed E-state index contributed by atoms with van der Waals surface area (Å²) in [6.07, 6.45) is 1.87. The van der Waals surface area contributed by atoms with E-state index in [2.05, 4.69) is 24.4 Å². The number of ether oxygens (including phenoxy) is 1. The van der Waals surface area contributed by atoms with E-state index in [0.717, 1.165) is 18.6 Å². The maximum Gasteiger partial charge on any atom is 0.258 e. The molecule has 2 aromatic carbocycles. The fourth-order valence-corrected chi connectivity index (χ4v) is 2.37. The third-order valence-corrected chi connectivity index (χ3v) is 3.96. The number of benzene rings is 2. The number of rotatable bonds is 7. The monoisotopic (exact) mass is 311 g/mol. The minimum absolute atomic E-state index is 0.0537. The largest absolute Gasteiger partial charge is 0.484 e. The van der Waals surface area contributed by atoms with Gasteiger partial charge in [0.15, 0.2) is 6.61 Å². The molecule has 3 nitrogen and oxygen atoms in total. The van der Waals surface area contributed by atoms with Crippen LogP contribution < -0.4 is 10.1 Å². The van der Waals surface area contributed by atoms with E-state index in [1.165, 1.54) is 16.7 Å². The molecule has 0 aliphatic rings. The zero-order chi connectivity index (χ0) is 16.7. The number of carbonyl (C=O) groups is 1. The first kappa shape index (κ1) is 17.1. The molecule has 0 aliphatic carbocycles. The quantitative estimate of drug-likeness (QED) is 0.844. The molecule has 2 aromatic rings. The highest BCUT2D eigenvalue weighted by Crippen LogP contribution is 2.16. The molecule has 0 aromatic heterocycles. The first-order chi connectivity index (χ1) is 11.0. The molecule has 0 spiro atoms. The van der Waals surface area contributed by atoms with Gasteiger partial charge in [-0.2, -0.15) is 0 Å². The summed E-state index contributed by atoms with van der Waals surface area (Å²) in [4.78, 5) is 12.0. The molecule has 0 fully saturated rings. The van der Waals surface area contributed by atoms with Crippen LogP contribution in [0.4, 0.5) is 0 Å². The second kappa shape index (κ2) is 8.37. The van der Waals surface area contributed by atoms with Crippen molar-refractivity contribution >= 4 is 5.91 Å². The van der Waals surface area contributed by atoms with Gasteiger partial charge in [-0.25, -0.2) is 0 Å². The average molecular weight is 311 g/mol. The average Bonchev–Trinajstić information content (AvgIpc) is 2.55. The molecule has 0 aliphatic heterocycles.